The van der Waals surface area contributed by atoms with Gasteiger partial charge in [0.2, 0.25) is 0 Å². The Morgan fingerprint density at radius 1 is 1.33 bits per heavy atom. The number of benzene rings is 1. The second kappa shape index (κ2) is 2.65. The van der Waals surface area contributed by atoms with Gasteiger partial charge in [0, 0.05) is 7.47 Å². The average molecular weight is 123 g/mol. The van der Waals surface area contributed by atoms with E-state index >= 15 is 0 Å². The predicted molar refractivity (Wildman–Crippen MR) is 41.2 cm³/mol. The molecular formula is C8H13N. The van der Waals surface area contributed by atoms with Crippen LogP contribution in [0.4, 0.5) is 0 Å². The zero-order valence-corrected chi connectivity index (χ0v) is 5.54. The summed E-state index contributed by atoms with van der Waals surface area (Å²) in [6.07, 6.45) is 0. The highest BCUT2D eigenvalue weighted by Gasteiger charge is 1.93. The summed E-state index contributed by atoms with van der Waals surface area (Å²) < 4.78 is 0. The molecule has 1 rings (SSSR count). The lowest BCUT2D eigenvalue weighted by Crippen LogP contribution is -2.03. The molecule has 2 N–H and O–H groups in total. The minimum absolute atomic E-state index is 0. The van der Waals surface area contributed by atoms with Crippen LogP contribution in [0.2, 0.25) is 0 Å². The monoisotopic (exact) mass is 123 g/mol. The fraction of sp³-hybridized carbons (Fsp3) is 0.250. The predicted octanol–water partition coefficient (Wildman–Crippen LogP) is 1.95. The van der Waals surface area contributed by atoms with Crippen LogP contribution in [0.3, 0.4) is 0 Å². The Hall–Kier alpha value is -0.820. The first-order chi connectivity index (χ1) is 4.30. The van der Waals surface area contributed by atoms with Gasteiger partial charge in [0.05, 0.1) is 0 Å². The van der Waals surface area contributed by atoms with Gasteiger partial charge in [-0.05, 0) is 12.5 Å². The normalized spacial score (nSPS) is 13.1. The van der Waals surface area contributed by atoms with E-state index in [1.54, 1.807) is 0 Å². The van der Waals surface area contributed by atoms with Crippen molar-refractivity contribution in [2.45, 2.75) is 13.0 Å². The highest BCUT2D eigenvalue weighted by molar-refractivity contribution is 5.17. The zero-order chi connectivity index (χ0) is 6.69. The molecule has 0 saturated carbocycles. The molecule has 0 amide bonds. The quantitative estimate of drug-likeness (QED) is 0.607. The van der Waals surface area contributed by atoms with Gasteiger partial charge in [-0.1, -0.05) is 30.3 Å². The van der Waals surface area contributed by atoms with Crippen molar-refractivity contribution in [2.24, 2.45) is 5.73 Å². The van der Waals surface area contributed by atoms with E-state index < -0.39 is 0 Å². The van der Waals surface area contributed by atoms with Gasteiger partial charge < -0.3 is 5.73 Å². The number of rotatable bonds is 1. The standard InChI is InChI=1S/C8H11N.H2/c1-7(9)8-5-3-2-4-6-8;/h2-7H,9H2,1H3;1H/t7-;/m1./s1. The van der Waals surface area contributed by atoms with E-state index in [9.17, 15) is 0 Å². The van der Waals surface area contributed by atoms with Crippen molar-refractivity contribution >= 4 is 0 Å². The molecule has 0 aliphatic carbocycles. The fourth-order valence-electron chi connectivity index (χ4n) is 0.757. The summed E-state index contributed by atoms with van der Waals surface area (Å²) in [6.45, 7) is 1.98. The van der Waals surface area contributed by atoms with Gasteiger partial charge in [-0.2, -0.15) is 0 Å². The maximum atomic E-state index is 5.61. The summed E-state index contributed by atoms with van der Waals surface area (Å²) >= 11 is 0. The van der Waals surface area contributed by atoms with Crippen LogP contribution in [0.15, 0.2) is 30.3 Å². The third kappa shape index (κ3) is 1.54. The number of nitrogens with two attached hydrogens (primary N) is 1. The van der Waals surface area contributed by atoms with Crippen LogP contribution in [-0.4, -0.2) is 0 Å². The SMILES string of the molecule is C[C@@H](N)c1ccccc1.[HH]. The van der Waals surface area contributed by atoms with Gasteiger partial charge >= 0.3 is 0 Å². The first kappa shape index (κ1) is 6.30. The molecule has 50 valence electrons. The van der Waals surface area contributed by atoms with Crippen molar-refractivity contribution in [2.75, 3.05) is 0 Å². The molecule has 1 heteroatoms. The third-order valence-corrected chi connectivity index (χ3v) is 1.33. The molecule has 9 heavy (non-hydrogen) atoms. The Kier molecular flexibility index (Phi) is 1.85. The van der Waals surface area contributed by atoms with Crippen LogP contribution < -0.4 is 5.73 Å². The van der Waals surface area contributed by atoms with Crippen LogP contribution in [0.25, 0.3) is 0 Å². The molecule has 1 aromatic rings. The van der Waals surface area contributed by atoms with Gasteiger partial charge in [-0.15, -0.1) is 0 Å². The molecule has 0 heterocycles. The molecule has 1 aromatic carbocycles. The van der Waals surface area contributed by atoms with Crippen LogP contribution in [-0.2, 0) is 0 Å². The molecular weight excluding hydrogens is 110 g/mol. The molecule has 0 fully saturated rings. The van der Waals surface area contributed by atoms with Gasteiger partial charge in [0.1, 0.15) is 0 Å². The van der Waals surface area contributed by atoms with Gasteiger partial charge in [0.25, 0.3) is 0 Å². The summed E-state index contributed by atoms with van der Waals surface area (Å²) in [5, 5.41) is 0. The van der Waals surface area contributed by atoms with Crippen molar-refractivity contribution in [3.8, 4) is 0 Å². The Bertz CT molecular complexity index is 172. The van der Waals surface area contributed by atoms with E-state index in [1.807, 2.05) is 37.3 Å². The second-order valence-corrected chi connectivity index (χ2v) is 2.20. The van der Waals surface area contributed by atoms with E-state index in [2.05, 4.69) is 0 Å². The topological polar surface area (TPSA) is 26.0 Å². The Morgan fingerprint density at radius 3 is 2.22 bits per heavy atom. The van der Waals surface area contributed by atoms with Crippen molar-refractivity contribution in [1.29, 1.82) is 0 Å². The van der Waals surface area contributed by atoms with Gasteiger partial charge in [-0.3, -0.25) is 0 Å². The minimum atomic E-state index is 0. The summed E-state index contributed by atoms with van der Waals surface area (Å²) in [6, 6.07) is 10.2. The maximum absolute atomic E-state index is 5.61. The fourth-order valence-corrected chi connectivity index (χ4v) is 0.757. The van der Waals surface area contributed by atoms with Crippen LogP contribution in [0.5, 0.6) is 0 Å². The van der Waals surface area contributed by atoms with Crippen molar-refractivity contribution in [1.82, 2.24) is 0 Å². The van der Waals surface area contributed by atoms with Crippen molar-refractivity contribution in [3.63, 3.8) is 0 Å². The lowest BCUT2D eigenvalue weighted by molar-refractivity contribution is 0.818. The molecule has 0 saturated heterocycles. The molecule has 0 unspecified atom stereocenters. The number of hydrogen-bond acceptors (Lipinski definition) is 1. The molecule has 1 nitrogen and oxygen atoms in total. The van der Waals surface area contributed by atoms with Crippen molar-refractivity contribution in [3.05, 3.63) is 35.9 Å². The van der Waals surface area contributed by atoms with Gasteiger partial charge in [0.15, 0.2) is 0 Å². The first-order valence-corrected chi connectivity index (χ1v) is 3.11. The lowest BCUT2D eigenvalue weighted by atomic mass is 10.1. The zero-order valence-electron chi connectivity index (χ0n) is 5.54. The van der Waals surface area contributed by atoms with Crippen LogP contribution in [0.1, 0.15) is 20.0 Å². The van der Waals surface area contributed by atoms with E-state index in [0.29, 0.717) is 0 Å². The summed E-state index contributed by atoms with van der Waals surface area (Å²) in [5.74, 6) is 0. The Labute approximate surface area is 57.0 Å². The molecule has 0 aliphatic rings. The minimum Gasteiger partial charge on any atom is -0.324 e. The average Bonchev–Trinajstić information content (AvgIpc) is 1.90. The lowest BCUT2D eigenvalue weighted by Gasteiger charge is -2.02. The van der Waals surface area contributed by atoms with Crippen molar-refractivity contribution < 1.29 is 1.43 Å². The smallest absolute Gasteiger partial charge is 0.0266 e. The number of hydrogen-bond donors (Lipinski definition) is 1. The van der Waals surface area contributed by atoms with E-state index in [1.165, 1.54) is 5.56 Å². The van der Waals surface area contributed by atoms with E-state index in [4.69, 9.17) is 5.73 Å². The molecule has 1 atom stereocenters. The third-order valence-electron chi connectivity index (χ3n) is 1.33. The first-order valence-electron chi connectivity index (χ1n) is 3.11. The molecule has 0 aromatic heterocycles. The molecule has 0 bridgehead atoms. The molecule has 0 aliphatic heterocycles. The van der Waals surface area contributed by atoms with Crippen LogP contribution in [0, 0.1) is 0 Å². The second-order valence-electron chi connectivity index (χ2n) is 2.20. The maximum Gasteiger partial charge on any atom is 0.0266 e. The highest BCUT2D eigenvalue weighted by atomic mass is 14.6. The van der Waals surface area contributed by atoms with Gasteiger partial charge in [-0.25, -0.2) is 0 Å². The molecule has 0 spiro atoms. The van der Waals surface area contributed by atoms with E-state index in [-0.39, 0.29) is 7.47 Å². The van der Waals surface area contributed by atoms with E-state index in [0.717, 1.165) is 0 Å². The largest absolute Gasteiger partial charge is 0.324 e. The summed E-state index contributed by atoms with van der Waals surface area (Å²) in [5.41, 5.74) is 6.81. The summed E-state index contributed by atoms with van der Waals surface area (Å²) in [7, 11) is 0. The summed E-state index contributed by atoms with van der Waals surface area (Å²) in [4.78, 5) is 0. The van der Waals surface area contributed by atoms with Crippen LogP contribution >= 0.6 is 0 Å². The molecule has 0 radical (unpaired) electrons. The Morgan fingerprint density at radius 2 is 1.89 bits per heavy atom. The highest BCUT2D eigenvalue weighted by Crippen LogP contribution is 2.06. The Balaban J connectivity index is 0.000000810.